The quantitative estimate of drug-likeness (QED) is 0.689. The summed E-state index contributed by atoms with van der Waals surface area (Å²) in [5.74, 6) is -0.769. The number of hydrogen-bond acceptors (Lipinski definition) is 2. The molecule has 0 aliphatic carbocycles. The minimum absolute atomic E-state index is 0.372. The summed E-state index contributed by atoms with van der Waals surface area (Å²) in [5, 5.41) is 10.1. The Morgan fingerprint density at radius 1 is 1.90 bits per heavy atom. The lowest BCUT2D eigenvalue weighted by molar-refractivity contribution is -0.136. The molecule has 1 aliphatic heterocycles. The molecule has 2 unspecified atom stereocenters. The summed E-state index contributed by atoms with van der Waals surface area (Å²) in [6, 6.07) is 0. The Kier molecular flexibility index (Phi) is 2.10. The van der Waals surface area contributed by atoms with Crippen LogP contribution in [0.15, 0.2) is 11.5 Å². The number of rotatable bonds is 1. The zero-order valence-electron chi connectivity index (χ0n) is 5.37. The summed E-state index contributed by atoms with van der Waals surface area (Å²) in [7, 11) is 0. The Labute approximate surface area is 71.8 Å². The van der Waals surface area contributed by atoms with Gasteiger partial charge >= 0.3 is 5.97 Å². The van der Waals surface area contributed by atoms with Gasteiger partial charge in [0.25, 0.3) is 0 Å². The van der Waals surface area contributed by atoms with Crippen LogP contribution < -0.4 is 0 Å². The third-order valence-electron chi connectivity index (χ3n) is 1.35. The van der Waals surface area contributed by atoms with Gasteiger partial charge in [-0.1, -0.05) is 22.0 Å². The van der Waals surface area contributed by atoms with Crippen molar-refractivity contribution in [2.75, 3.05) is 0 Å². The molecule has 4 heteroatoms. The van der Waals surface area contributed by atoms with Gasteiger partial charge < -0.3 is 5.11 Å². The van der Waals surface area contributed by atoms with Crippen LogP contribution in [0.4, 0.5) is 0 Å². The zero-order valence-corrected chi connectivity index (χ0v) is 7.78. The number of aliphatic carboxylic acids is 1. The number of halogens is 1. The lowest BCUT2D eigenvalue weighted by Crippen LogP contribution is -2.32. The average Bonchev–Trinajstić information content (AvgIpc) is 2.08. The highest BCUT2D eigenvalue weighted by atomic mass is 79.9. The second kappa shape index (κ2) is 2.58. The van der Waals surface area contributed by atoms with Crippen LogP contribution >= 0.6 is 27.7 Å². The SMILES string of the molecule is CC1(Br)C=CSC1C(=O)O. The Hall–Kier alpha value is 0.0400. The molecule has 2 atom stereocenters. The lowest BCUT2D eigenvalue weighted by Gasteiger charge is -2.18. The highest BCUT2D eigenvalue weighted by Gasteiger charge is 2.38. The van der Waals surface area contributed by atoms with Gasteiger partial charge in [0.15, 0.2) is 0 Å². The van der Waals surface area contributed by atoms with Gasteiger partial charge in [0.1, 0.15) is 5.25 Å². The second-order valence-electron chi connectivity index (χ2n) is 2.31. The van der Waals surface area contributed by atoms with Gasteiger partial charge in [-0.2, -0.15) is 0 Å². The first kappa shape index (κ1) is 8.14. The highest BCUT2D eigenvalue weighted by Crippen LogP contribution is 2.39. The van der Waals surface area contributed by atoms with Crippen LogP contribution in [0.5, 0.6) is 0 Å². The van der Waals surface area contributed by atoms with Crippen LogP contribution in [0.2, 0.25) is 0 Å². The molecule has 2 nitrogen and oxygen atoms in total. The van der Waals surface area contributed by atoms with Gasteiger partial charge in [-0.25, -0.2) is 0 Å². The Balaban J connectivity index is 2.75. The minimum Gasteiger partial charge on any atom is -0.480 e. The lowest BCUT2D eigenvalue weighted by atomic mass is 10.1. The second-order valence-corrected chi connectivity index (χ2v) is 5.03. The predicted molar refractivity (Wildman–Crippen MR) is 45.5 cm³/mol. The number of alkyl halides is 1. The largest absolute Gasteiger partial charge is 0.480 e. The molecule has 0 aromatic carbocycles. The molecule has 1 rings (SSSR count). The van der Waals surface area contributed by atoms with Gasteiger partial charge in [-0.3, -0.25) is 4.79 Å². The average molecular weight is 223 g/mol. The van der Waals surface area contributed by atoms with Gasteiger partial charge in [-0.05, 0) is 12.3 Å². The highest BCUT2D eigenvalue weighted by molar-refractivity contribution is 9.10. The van der Waals surface area contributed by atoms with Crippen LogP contribution in [0.3, 0.4) is 0 Å². The molecule has 0 bridgehead atoms. The van der Waals surface area contributed by atoms with E-state index in [1.54, 1.807) is 0 Å². The van der Waals surface area contributed by atoms with Gasteiger partial charge in [0, 0.05) is 0 Å². The van der Waals surface area contributed by atoms with E-state index in [1.807, 2.05) is 18.4 Å². The van der Waals surface area contributed by atoms with E-state index < -0.39 is 5.97 Å². The van der Waals surface area contributed by atoms with Crippen LogP contribution in [-0.2, 0) is 4.79 Å². The van der Waals surface area contributed by atoms with Crippen LogP contribution in [-0.4, -0.2) is 20.7 Å². The van der Waals surface area contributed by atoms with Crippen molar-refractivity contribution >= 4 is 33.7 Å². The fraction of sp³-hybridized carbons (Fsp3) is 0.500. The summed E-state index contributed by atoms with van der Waals surface area (Å²) in [6.45, 7) is 1.85. The fourth-order valence-corrected chi connectivity index (χ4v) is 2.58. The standard InChI is InChI=1S/C6H7BrO2S/c1-6(7)2-3-10-4(6)5(8)9/h2-4H,1H3,(H,8,9). The van der Waals surface area contributed by atoms with Crippen LogP contribution in [0, 0.1) is 0 Å². The Morgan fingerprint density at radius 2 is 2.50 bits per heavy atom. The number of thioether (sulfide) groups is 1. The third-order valence-corrected chi connectivity index (χ3v) is 3.63. The summed E-state index contributed by atoms with van der Waals surface area (Å²) in [6.07, 6.45) is 1.86. The third kappa shape index (κ3) is 1.37. The molecule has 0 saturated heterocycles. The van der Waals surface area contributed by atoms with Crippen molar-refractivity contribution in [2.45, 2.75) is 16.5 Å². The van der Waals surface area contributed by atoms with E-state index in [0.717, 1.165) is 0 Å². The summed E-state index contributed by atoms with van der Waals surface area (Å²) in [4.78, 5) is 10.5. The fourth-order valence-electron chi connectivity index (χ4n) is 0.771. The number of carbonyl (C=O) groups is 1. The van der Waals surface area contributed by atoms with Crippen molar-refractivity contribution < 1.29 is 9.90 Å². The topological polar surface area (TPSA) is 37.3 Å². The molecular weight excluding hydrogens is 216 g/mol. The first-order chi connectivity index (χ1) is 4.54. The van der Waals surface area contributed by atoms with E-state index >= 15 is 0 Å². The van der Waals surface area contributed by atoms with Crippen molar-refractivity contribution in [3.05, 3.63) is 11.5 Å². The Morgan fingerprint density at radius 3 is 2.70 bits per heavy atom. The smallest absolute Gasteiger partial charge is 0.318 e. The van der Waals surface area contributed by atoms with Gasteiger partial charge in [-0.15, -0.1) is 11.8 Å². The van der Waals surface area contributed by atoms with Crippen molar-refractivity contribution in [1.29, 1.82) is 0 Å². The number of carboxylic acids is 1. The molecule has 0 fully saturated rings. The summed E-state index contributed by atoms with van der Waals surface area (Å²) in [5.41, 5.74) is 0. The van der Waals surface area contributed by atoms with E-state index in [2.05, 4.69) is 15.9 Å². The first-order valence-electron chi connectivity index (χ1n) is 2.79. The number of hydrogen-bond donors (Lipinski definition) is 1. The number of allylic oxidation sites excluding steroid dienone is 1. The normalized spacial score (nSPS) is 38.4. The maximum absolute atomic E-state index is 10.5. The van der Waals surface area contributed by atoms with Crippen molar-refractivity contribution in [1.82, 2.24) is 0 Å². The van der Waals surface area contributed by atoms with Gasteiger partial charge in [0.05, 0.1) is 4.32 Å². The molecule has 0 amide bonds. The summed E-state index contributed by atoms with van der Waals surface area (Å²) >= 11 is 4.65. The molecular formula is C6H7BrO2S. The predicted octanol–water partition coefficient (Wildman–Crippen LogP) is 1.85. The molecule has 10 heavy (non-hydrogen) atoms. The van der Waals surface area contributed by atoms with Crippen LogP contribution in [0.1, 0.15) is 6.92 Å². The zero-order chi connectivity index (χ0) is 7.78. The van der Waals surface area contributed by atoms with Crippen molar-refractivity contribution in [2.24, 2.45) is 0 Å². The Bertz CT molecular complexity index is 188. The van der Waals surface area contributed by atoms with Crippen molar-refractivity contribution in [3.63, 3.8) is 0 Å². The molecule has 1 N–H and O–H groups in total. The van der Waals surface area contributed by atoms with E-state index in [0.29, 0.717) is 0 Å². The van der Waals surface area contributed by atoms with E-state index in [1.165, 1.54) is 11.8 Å². The molecule has 0 aromatic rings. The first-order valence-corrected chi connectivity index (χ1v) is 4.52. The molecule has 1 aliphatic rings. The summed E-state index contributed by atoms with van der Waals surface area (Å²) < 4.78 is -0.372. The maximum Gasteiger partial charge on any atom is 0.318 e. The maximum atomic E-state index is 10.5. The van der Waals surface area contributed by atoms with Gasteiger partial charge in [0.2, 0.25) is 0 Å². The molecule has 0 spiro atoms. The number of carboxylic acid groups (broad SMARTS) is 1. The minimum atomic E-state index is -0.769. The molecule has 0 aromatic heterocycles. The van der Waals surface area contributed by atoms with E-state index in [-0.39, 0.29) is 9.57 Å². The van der Waals surface area contributed by atoms with Crippen molar-refractivity contribution in [3.8, 4) is 0 Å². The molecule has 0 saturated carbocycles. The van der Waals surface area contributed by atoms with Crippen LogP contribution in [0.25, 0.3) is 0 Å². The van der Waals surface area contributed by atoms with E-state index in [9.17, 15) is 4.79 Å². The van der Waals surface area contributed by atoms with E-state index in [4.69, 9.17) is 5.11 Å². The molecule has 1 heterocycles. The monoisotopic (exact) mass is 222 g/mol. The molecule has 56 valence electrons. The molecule has 0 radical (unpaired) electrons.